The van der Waals surface area contributed by atoms with Gasteiger partial charge in [0.25, 0.3) is 0 Å². The Bertz CT molecular complexity index is 639. The van der Waals surface area contributed by atoms with E-state index < -0.39 is 0 Å². The molecule has 19 heavy (non-hydrogen) atoms. The van der Waals surface area contributed by atoms with Gasteiger partial charge in [-0.2, -0.15) is 0 Å². The van der Waals surface area contributed by atoms with Crippen LogP contribution in [0.2, 0.25) is 0 Å². The summed E-state index contributed by atoms with van der Waals surface area (Å²) in [6.45, 7) is 0. The van der Waals surface area contributed by atoms with E-state index in [2.05, 4.69) is 26.7 Å². The first-order valence-corrected chi connectivity index (χ1v) is 6.19. The second-order valence-corrected chi connectivity index (χ2v) is 4.46. The highest BCUT2D eigenvalue weighted by Crippen LogP contribution is 2.28. The first-order valence-electron chi connectivity index (χ1n) is 6.19. The maximum absolute atomic E-state index is 11.3. The van der Waals surface area contributed by atoms with Crippen molar-refractivity contribution < 1.29 is 4.79 Å². The van der Waals surface area contributed by atoms with Crippen LogP contribution in [0.5, 0.6) is 0 Å². The molecule has 0 radical (unpaired) electrons. The summed E-state index contributed by atoms with van der Waals surface area (Å²) in [6.07, 6.45) is 2.86. The van der Waals surface area contributed by atoms with Gasteiger partial charge < -0.3 is 10.6 Å². The van der Waals surface area contributed by atoms with E-state index in [0.717, 1.165) is 34.7 Å². The lowest BCUT2D eigenvalue weighted by molar-refractivity contribution is -0.116. The first kappa shape index (κ1) is 11.6. The average Bonchev–Trinajstić information content (AvgIpc) is 2.46. The molecule has 0 saturated carbocycles. The van der Waals surface area contributed by atoms with Crippen molar-refractivity contribution >= 4 is 17.4 Å². The Morgan fingerprint density at radius 1 is 1.21 bits per heavy atom. The van der Waals surface area contributed by atoms with Crippen LogP contribution >= 0.6 is 0 Å². The number of carbonyl (C=O) groups excluding carboxylic acids is 1. The minimum atomic E-state index is 0.0831. The van der Waals surface area contributed by atoms with Crippen LogP contribution in [0.1, 0.15) is 12.0 Å². The summed E-state index contributed by atoms with van der Waals surface area (Å²) < 4.78 is 0. The molecule has 0 saturated heterocycles. The van der Waals surface area contributed by atoms with Gasteiger partial charge in [0.1, 0.15) is 12.1 Å². The van der Waals surface area contributed by atoms with E-state index in [9.17, 15) is 4.79 Å². The Labute approximate surface area is 111 Å². The summed E-state index contributed by atoms with van der Waals surface area (Å²) in [5.74, 6) is 0.871. The molecule has 0 unspecified atom stereocenters. The Balaban J connectivity index is 1.99. The number of aryl methyl sites for hydroxylation is 1. The molecule has 0 atom stereocenters. The van der Waals surface area contributed by atoms with E-state index in [4.69, 9.17) is 0 Å². The molecule has 1 aliphatic rings. The normalized spacial score (nSPS) is 13.6. The van der Waals surface area contributed by atoms with Crippen LogP contribution in [0.4, 0.5) is 11.5 Å². The van der Waals surface area contributed by atoms with E-state index in [1.165, 1.54) is 0 Å². The van der Waals surface area contributed by atoms with E-state index >= 15 is 0 Å². The number of amides is 1. The van der Waals surface area contributed by atoms with Crippen LogP contribution in [-0.2, 0) is 11.2 Å². The molecule has 5 heteroatoms. The van der Waals surface area contributed by atoms with Crippen LogP contribution in [0.15, 0.2) is 30.6 Å². The van der Waals surface area contributed by atoms with E-state index in [1.54, 1.807) is 6.33 Å². The molecular weight excluding hydrogens is 240 g/mol. The number of aromatic nitrogens is 2. The van der Waals surface area contributed by atoms with Gasteiger partial charge in [-0.05, 0) is 24.1 Å². The SMILES string of the molecule is CNc1cc(-c2ccc3c(c2)CCC(=O)N3)ncn1. The molecule has 0 fully saturated rings. The third-order valence-electron chi connectivity index (χ3n) is 3.22. The number of rotatable bonds is 2. The lowest BCUT2D eigenvalue weighted by Gasteiger charge is -2.17. The Hall–Kier alpha value is -2.43. The standard InChI is InChI=1S/C14H14N4O/c1-15-13-7-12(16-8-17-13)10-2-4-11-9(6-10)3-5-14(19)18-11/h2,4,6-8H,3,5H2,1H3,(H,18,19)(H,15,16,17). The quantitative estimate of drug-likeness (QED) is 0.861. The highest BCUT2D eigenvalue weighted by Gasteiger charge is 2.15. The fourth-order valence-electron chi connectivity index (χ4n) is 2.19. The average molecular weight is 254 g/mol. The molecule has 2 heterocycles. The van der Waals surface area contributed by atoms with Gasteiger partial charge in [-0.15, -0.1) is 0 Å². The zero-order valence-corrected chi connectivity index (χ0v) is 10.6. The minimum absolute atomic E-state index is 0.0831. The van der Waals surface area contributed by atoms with Gasteiger partial charge in [0.15, 0.2) is 0 Å². The third kappa shape index (κ3) is 2.27. The van der Waals surface area contributed by atoms with Gasteiger partial charge in [-0.25, -0.2) is 9.97 Å². The van der Waals surface area contributed by atoms with Crippen LogP contribution < -0.4 is 10.6 Å². The number of fused-ring (bicyclic) bond motifs is 1. The van der Waals surface area contributed by atoms with Crippen molar-refractivity contribution in [3.8, 4) is 11.3 Å². The third-order valence-corrected chi connectivity index (χ3v) is 3.22. The zero-order valence-electron chi connectivity index (χ0n) is 10.6. The molecule has 1 aromatic carbocycles. The second-order valence-electron chi connectivity index (χ2n) is 4.46. The van der Waals surface area contributed by atoms with Crippen LogP contribution in [0.25, 0.3) is 11.3 Å². The van der Waals surface area contributed by atoms with Gasteiger partial charge in [0, 0.05) is 30.8 Å². The second kappa shape index (κ2) is 4.68. The number of hydrogen-bond acceptors (Lipinski definition) is 4. The molecular formula is C14H14N4O. The monoisotopic (exact) mass is 254 g/mol. The van der Waals surface area contributed by atoms with E-state index in [1.807, 2.05) is 25.2 Å². The Kier molecular flexibility index (Phi) is 2.87. The van der Waals surface area contributed by atoms with Crippen molar-refractivity contribution in [3.63, 3.8) is 0 Å². The number of nitrogens with zero attached hydrogens (tertiary/aromatic N) is 2. The van der Waals surface area contributed by atoms with Gasteiger partial charge >= 0.3 is 0 Å². The molecule has 0 spiro atoms. The van der Waals surface area contributed by atoms with E-state index in [-0.39, 0.29) is 5.91 Å². The zero-order chi connectivity index (χ0) is 13.2. The lowest BCUT2D eigenvalue weighted by Crippen LogP contribution is -2.18. The summed E-state index contributed by atoms with van der Waals surface area (Å²) in [6, 6.07) is 7.88. The largest absolute Gasteiger partial charge is 0.373 e. The maximum atomic E-state index is 11.3. The fraction of sp³-hybridized carbons (Fsp3) is 0.214. The van der Waals surface area contributed by atoms with Crippen molar-refractivity contribution in [3.05, 3.63) is 36.2 Å². The van der Waals surface area contributed by atoms with Crippen LogP contribution in [0.3, 0.4) is 0 Å². The number of nitrogens with one attached hydrogen (secondary N) is 2. The molecule has 0 bridgehead atoms. The molecule has 2 aromatic rings. The predicted molar refractivity (Wildman–Crippen MR) is 74.0 cm³/mol. The molecule has 1 aromatic heterocycles. The first-order chi connectivity index (χ1) is 9.26. The van der Waals surface area contributed by atoms with Gasteiger partial charge in [-0.3, -0.25) is 4.79 Å². The molecule has 1 aliphatic heterocycles. The number of benzene rings is 1. The number of anilines is 2. The van der Waals surface area contributed by atoms with E-state index in [0.29, 0.717) is 6.42 Å². The van der Waals surface area contributed by atoms with Crippen LogP contribution in [-0.4, -0.2) is 22.9 Å². The fourth-order valence-corrected chi connectivity index (χ4v) is 2.19. The van der Waals surface area contributed by atoms with Crippen molar-refractivity contribution in [1.29, 1.82) is 0 Å². The lowest BCUT2D eigenvalue weighted by atomic mass is 9.99. The number of hydrogen-bond donors (Lipinski definition) is 2. The highest BCUT2D eigenvalue weighted by molar-refractivity contribution is 5.94. The van der Waals surface area contributed by atoms with Gasteiger partial charge in [0.05, 0.1) is 5.69 Å². The summed E-state index contributed by atoms with van der Waals surface area (Å²) >= 11 is 0. The maximum Gasteiger partial charge on any atom is 0.224 e. The molecule has 3 rings (SSSR count). The number of carbonyl (C=O) groups is 1. The van der Waals surface area contributed by atoms with Gasteiger partial charge in [0.2, 0.25) is 5.91 Å². The predicted octanol–water partition coefficient (Wildman–Crippen LogP) is 2.07. The smallest absolute Gasteiger partial charge is 0.224 e. The molecule has 0 aliphatic carbocycles. The Morgan fingerprint density at radius 2 is 2.11 bits per heavy atom. The summed E-state index contributed by atoms with van der Waals surface area (Å²) in [5.41, 5.74) is 3.97. The topological polar surface area (TPSA) is 66.9 Å². The van der Waals surface area contributed by atoms with Crippen molar-refractivity contribution in [2.45, 2.75) is 12.8 Å². The van der Waals surface area contributed by atoms with Crippen LogP contribution in [0, 0.1) is 0 Å². The molecule has 1 amide bonds. The highest BCUT2D eigenvalue weighted by atomic mass is 16.1. The molecule has 2 N–H and O–H groups in total. The molecule has 96 valence electrons. The van der Waals surface area contributed by atoms with Crippen molar-refractivity contribution in [1.82, 2.24) is 9.97 Å². The van der Waals surface area contributed by atoms with Crippen molar-refractivity contribution in [2.75, 3.05) is 17.7 Å². The Morgan fingerprint density at radius 3 is 2.95 bits per heavy atom. The summed E-state index contributed by atoms with van der Waals surface area (Å²) in [4.78, 5) is 19.7. The summed E-state index contributed by atoms with van der Waals surface area (Å²) in [7, 11) is 1.83. The minimum Gasteiger partial charge on any atom is -0.373 e. The summed E-state index contributed by atoms with van der Waals surface area (Å²) in [5, 5.41) is 5.87. The molecule has 5 nitrogen and oxygen atoms in total. The van der Waals surface area contributed by atoms with Crippen molar-refractivity contribution in [2.24, 2.45) is 0 Å². The van der Waals surface area contributed by atoms with Gasteiger partial charge in [-0.1, -0.05) is 6.07 Å².